The van der Waals surface area contributed by atoms with Crippen LogP contribution >= 0.6 is 11.8 Å². The second-order valence-corrected chi connectivity index (χ2v) is 7.32. The Labute approximate surface area is 156 Å². The lowest BCUT2D eigenvalue weighted by Crippen LogP contribution is -2.30. The average molecular weight is 379 g/mol. The molecule has 2 aromatic heterocycles. The Morgan fingerprint density at radius 3 is 2.77 bits per heavy atom. The number of nitrogen functional groups attached to an aromatic ring is 1. The molecule has 0 aliphatic rings. The van der Waals surface area contributed by atoms with Crippen LogP contribution in [0.5, 0.6) is 0 Å². The van der Waals surface area contributed by atoms with Crippen LogP contribution in [0, 0.1) is 11.8 Å². The zero-order valence-corrected chi connectivity index (χ0v) is 16.1. The molecule has 0 radical (unpaired) electrons. The molecule has 0 saturated heterocycles. The summed E-state index contributed by atoms with van der Waals surface area (Å²) in [4.78, 5) is 39.7. The number of ether oxygens (including phenoxy) is 1. The second kappa shape index (κ2) is 9.51. The number of rotatable bonds is 10. The molecular weight excluding hydrogens is 354 g/mol. The topological polar surface area (TPSA) is 124 Å². The smallest absolute Gasteiger partial charge is 0.316 e. The number of aromatic nitrogens is 4. The minimum Gasteiger partial charge on any atom is -0.465 e. The molecule has 1 unspecified atom stereocenters. The number of imidazole rings is 1. The highest BCUT2D eigenvalue weighted by Gasteiger charge is 2.30. The van der Waals surface area contributed by atoms with Crippen LogP contribution in [0.1, 0.15) is 40.0 Å². The number of carbonyl (C=O) groups excluding carboxylic acids is 2. The van der Waals surface area contributed by atoms with Crippen molar-refractivity contribution >= 4 is 40.6 Å². The van der Waals surface area contributed by atoms with Crippen molar-refractivity contribution in [3.8, 4) is 0 Å². The number of nitrogens with one attached hydrogen (secondary N) is 1. The van der Waals surface area contributed by atoms with Gasteiger partial charge in [-0.05, 0) is 31.4 Å². The standard InChI is InChI=1S/C17H25N5O3S/c1-4-25-16(24)12(10(2)3)11(23)7-5-6-8-26-15-13-14(20-9-19-13)21-17(18)22-15/h9-10,12H,4-8H2,1-3H3,(H3,18,19,20,21,22). The molecule has 2 aromatic rings. The first-order valence-electron chi connectivity index (χ1n) is 8.72. The molecule has 3 N–H and O–H groups in total. The van der Waals surface area contributed by atoms with Crippen molar-refractivity contribution in [2.75, 3.05) is 18.1 Å². The molecule has 8 nitrogen and oxygen atoms in total. The lowest BCUT2D eigenvalue weighted by atomic mass is 9.89. The van der Waals surface area contributed by atoms with Gasteiger partial charge in [-0.15, -0.1) is 11.8 Å². The van der Waals surface area contributed by atoms with E-state index in [9.17, 15) is 9.59 Å². The van der Waals surface area contributed by atoms with Crippen LogP contribution < -0.4 is 5.73 Å². The number of nitrogens with two attached hydrogens (primary N) is 1. The Kier molecular flexibility index (Phi) is 7.38. The van der Waals surface area contributed by atoms with Crippen molar-refractivity contribution in [1.29, 1.82) is 0 Å². The predicted octanol–water partition coefficient (Wildman–Crippen LogP) is 2.60. The molecule has 2 rings (SSSR count). The van der Waals surface area contributed by atoms with Gasteiger partial charge in [-0.25, -0.2) is 9.97 Å². The third-order valence-electron chi connectivity index (χ3n) is 3.88. The number of hydrogen-bond acceptors (Lipinski definition) is 8. The van der Waals surface area contributed by atoms with Crippen molar-refractivity contribution in [3.63, 3.8) is 0 Å². The number of Topliss-reactive ketones (excluding diaryl/α,β-unsaturated/α-hetero) is 1. The Morgan fingerprint density at radius 2 is 2.08 bits per heavy atom. The maximum atomic E-state index is 12.4. The van der Waals surface area contributed by atoms with Crippen molar-refractivity contribution in [2.24, 2.45) is 11.8 Å². The second-order valence-electron chi connectivity index (χ2n) is 6.23. The van der Waals surface area contributed by atoms with Gasteiger partial charge in [-0.1, -0.05) is 13.8 Å². The van der Waals surface area contributed by atoms with Gasteiger partial charge in [0.1, 0.15) is 22.2 Å². The first kappa shape index (κ1) is 20.2. The fraction of sp³-hybridized carbons (Fsp3) is 0.588. The van der Waals surface area contributed by atoms with Gasteiger partial charge in [-0.3, -0.25) is 9.59 Å². The van der Waals surface area contributed by atoms with E-state index in [0.29, 0.717) is 18.5 Å². The van der Waals surface area contributed by atoms with E-state index in [2.05, 4.69) is 19.9 Å². The highest BCUT2D eigenvalue weighted by atomic mass is 32.2. The van der Waals surface area contributed by atoms with Gasteiger partial charge in [0, 0.05) is 6.42 Å². The molecule has 142 valence electrons. The minimum atomic E-state index is -0.672. The first-order valence-corrected chi connectivity index (χ1v) is 9.71. The van der Waals surface area contributed by atoms with E-state index >= 15 is 0 Å². The highest BCUT2D eigenvalue weighted by Crippen LogP contribution is 2.25. The van der Waals surface area contributed by atoms with Crippen molar-refractivity contribution in [2.45, 2.75) is 45.1 Å². The van der Waals surface area contributed by atoms with Crippen LogP contribution in [-0.2, 0) is 14.3 Å². The maximum absolute atomic E-state index is 12.4. The van der Waals surface area contributed by atoms with E-state index < -0.39 is 11.9 Å². The van der Waals surface area contributed by atoms with E-state index in [1.165, 1.54) is 0 Å². The quantitative estimate of drug-likeness (QED) is 0.212. The summed E-state index contributed by atoms with van der Waals surface area (Å²) in [6, 6.07) is 0. The number of esters is 1. The van der Waals surface area contributed by atoms with Gasteiger partial charge in [0.25, 0.3) is 0 Å². The molecule has 9 heteroatoms. The fourth-order valence-corrected chi connectivity index (χ4v) is 3.65. The number of ketones is 1. The largest absolute Gasteiger partial charge is 0.465 e. The highest BCUT2D eigenvalue weighted by molar-refractivity contribution is 7.99. The Balaban J connectivity index is 1.81. The zero-order chi connectivity index (χ0) is 19.1. The van der Waals surface area contributed by atoms with Crippen molar-refractivity contribution in [3.05, 3.63) is 6.33 Å². The maximum Gasteiger partial charge on any atom is 0.316 e. The van der Waals surface area contributed by atoms with Crippen LogP contribution in [0.2, 0.25) is 0 Å². The summed E-state index contributed by atoms with van der Waals surface area (Å²) >= 11 is 1.54. The van der Waals surface area contributed by atoms with Gasteiger partial charge >= 0.3 is 5.97 Å². The molecule has 1 atom stereocenters. The summed E-state index contributed by atoms with van der Waals surface area (Å²) in [6.45, 7) is 5.76. The average Bonchev–Trinajstić information content (AvgIpc) is 3.02. The summed E-state index contributed by atoms with van der Waals surface area (Å²) in [7, 11) is 0. The van der Waals surface area contributed by atoms with Crippen molar-refractivity contribution < 1.29 is 14.3 Å². The molecule has 26 heavy (non-hydrogen) atoms. The number of aromatic amines is 1. The van der Waals surface area contributed by atoms with Gasteiger partial charge in [0.2, 0.25) is 5.95 Å². The van der Waals surface area contributed by atoms with Crippen LogP contribution in [0.15, 0.2) is 11.4 Å². The van der Waals surface area contributed by atoms with Crippen LogP contribution in [0.25, 0.3) is 11.2 Å². The monoisotopic (exact) mass is 379 g/mol. The van der Waals surface area contributed by atoms with Gasteiger partial charge in [-0.2, -0.15) is 4.98 Å². The summed E-state index contributed by atoms with van der Waals surface area (Å²) in [5, 5.41) is 0.753. The van der Waals surface area contributed by atoms with E-state index in [0.717, 1.165) is 22.7 Å². The summed E-state index contributed by atoms with van der Waals surface area (Å²) in [6.07, 6.45) is 3.46. The number of H-pyrrole nitrogens is 1. The third-order valence-corrected chi connectivity index (χ3v) is 4.94. The third kappa shape index (κ3) is 5.17. The minimum absolute atomic E-state index is 0.0503. The number of fused-ring (bicyclic) bond motifs is 1. The number of carbonyl (C=O) groups is 2. The zero-order valence-electron chi connectivity index (χ0n) is 15.3. The van der Waals surface area contributed by atoms with E-state index in [1.54, 1.807) is 25.0 Å². The molecule has 0 saturated carbocycles. The Bertz CT molecular complexity index is 762. The lowest BCUT2D eigenvalue weighted by Gasteiger charge is -2.17. The Morgan fingerprint density at radius 1 is 1.31 bits per heavy atom. The summed E-state index contributed by atoms with van der Waals surface area (Å²) in [5.74, 6) is -0.228. The van der Waals surface area contributed by atoms with E-state index in [4.69, 9.17) is 10.5 Å². The Hall–Kier alpha value is -2.16. The molecule has 0 aliphatic heterocycles. The number of thioether (sulfide) groups is 1. The molecule has 0 bridgehead atoms. The van der Waals surface area contributed by atoms with Gasteiger partial charge in [0.15, 0.2) is 5.65 Å². The number of nitrogens with zero attached hydrogens (tertiary/aromatic N) is 3. The van der Waals surface area contributed by atoms with E-state index in [-0.39, 0.29) is 24.3 Å². The van der Waals surface area contributed by atoms with Gasteiger partial charge < -0.3 is 15.5 Å². The van der Waals surface area contributed by atoms with Crippen LogP contribution in [0.4, 0.5) is 5.95 Å². The molecule has 0 aromatic carbocycles. The number of hydrogen-bond donors (Lipinski definition) is 2. The van der Waals surface area contributed by atoms with Crippen LogP contribution in [-0.4, -0.2) is 44.0 Å². The molecule has 2 heterocycles. The molecular formula is C17H25N5O3S. The first-order chi connectivity index (χ1) is 12.4. The summed E-state index contributed by atoms with van der Waals surface area (Å²) < 4.78 is 5.02. The van der Waals surface area contributed by atoms with E-state index in [1.807, 2.05) is 13.8 Å². The molecule has 0 amide bonds. The fourth-order valence-electron chi connectivity index (χ4n) is 2.66. The number of anilines is 1. The van der Waals surface area contributed by atoms with Gasteiger partial charge in [0.05, 0.1) is 12.9 Å². The van der Waals surface area contributed by atoms with Crippen LogP contribution in [0.3, 0.4) is 0 Å². The SMILES string of the molecule is CCOC(=O)C(C(=O)CCCCSc1nc(N)nc2nc[nH]c12)C(C)C. The molecule has 0 spiro atoms. The molecule has 0 fully saturated rings. The normalized spacial score (nSPS) is 12.5. The van der Waals surface area contributed by atoms with Crippen molar-refractivity contribution in [1.82, 2.24) is 19.9 Å². The summed E-state index contributed by atoms with van der Waals surface area (Å²) in [5.41, 5.74) is 7.00. The predicted molar refractivity (Wildman–Crippen MR) is 101 cm³/mol. The lowest BCUT2D eigenvalue weighted by molar-refractivity contribution is -0.153. The number of unbranched alkanes of at least 4 members (excludes halogenated alkanes) is 1. The molecule has 0 aliphatic carbocycles.